The Morgan fingerprint density at radius 2 is 1.89 bits per heavy atom. The smallest absolute Gasteiger partial charge is 0.453 e. The molecular formula is C27H24F3NO4. The van der Waals surface area contributed by atoms with Crippen molar-refractivity contribution in [3.8, 4) is 17.2 Å². The van der Waals surface area contributed by atoms with Crippen LogP contribution in [0.25, 0.3) is 21.7 Å². The van der Waals surface area contributed by atoms with Gasteiger partial charge in [0.05, 0.1) is 10.9 Å². The van der Waals surface area contributed by atoms with Gasteiger partial charge in [0, 0.05) is 13.1 Å². The number of fused-ring (bicyclic) bond motifs is 2. The molecule has 1 saturated heterocycles. The zero-order valence-electron chi connectivity index (χ0n) is 19.1. The van der Waals surface area contributed by atoms with Crippen molar-refractivity contribution in [2.45, 2.75) is 32.5 Å². The number of piperidine rings is 1. The quantitative estimate of drug-likeness (QED) is 0.350. The number of hydrogen-bond acceptors (Lipinski definition) is 5. The molecule has 3 aromatic carbocycles. The second kappa shape index (κ2) is 8.92. The van der Waals surface area contributed by atoms with E-state index in [1.165, 1.54) is 18.2 Å². The fourth-order valence-corrected chi connectivity index (χ4v) is 4.72. The van der Waals surface area contributed by atoms with Gasteiger partial charge in [-0.2, -0.15) is 13.2 Å². The molecule has 5 nitrogen and oxygen atoms in total. The van der Waals surface area contributed by atoms with Crippen molar-refractivity contribution in [2.24, 2.45) is 5.92 Å². The van der Waals surface area contributed by atoms with Crippen molar-refractivity contribution in [3.05, 3.63) is 76.1 Å². The van der Waals surface area contributed by atoms with Crippen LogP contribution in [0.1, 0.15) is 31.1 Å². The summed E-state index contributed by atoms with van der Waals surface area (Å²) in [6, 6.07) is 14.7. The number of rotatable bonds is 4. The molecule has 1 aliphatic heterocycles. The largest absolute Gasteiger partial charge is 0.507 e. The lowest BCUT2D eigenvalue weighted by atomic mass is 9.99. The molecule has 1 atom stereocenters. The van der Waals surface area contributed by atoms with Crippen LogP contribution in [-0.2, 0) is 12.7 Å². The number of likely N-dealkylation sites (tertiary alicyclic amines) is 1. The number of benzene rings is 3. The highest BCUT2D eigenvalue weighted by molar-refractivity contribution is 5.85. The van der Waals surface area contributed by atoms with Crippen molar-refractivity contribution in [1.82, 2.24) is 4.90 Å². The molecule has 182 valence electrons. The van der Waals surface area contributed by atoms with Gasteiger partial charge in [-0.15, -0.1) is 0 Å². The van der Waals surface area contributed by atoms with Gasteiger partial charge in [-0.3, -0.25) is 9.69 Å². The molecule has 1 aliphatic rings. The number of phenols is 1. The van der Waals surface area contributed by atoms with E-state index in [1.807, 2.05) is 12.1 Å². The highest BCUT2D eigenvalue weighted by Gasteiger charge is 2.41. The van der Waals surface area contributed by atoms with Crippen LogP contribution in [0.5, 0.6) is 17.2 Å². The molecule has 8 heteroatoms. The first-order valence-electron chi connectivity index (χ1n) is 11.5. The normalized spacial score (nSPS) is 17.2. The Bertz CT molecular complexity index is 1460. The summed E-state index contributed by atoms with van der Waals surface area (Å²) in [6.45, 7) is 3.78. The fraction of sp³-hybridized carbons (Fsp3) is 0.296. The Morgan fingerprint density at radius 3 is 2.63 bits per heavy atom. The number of halogens is 3. The topological polar surface area (TPSA) is 62.9 Å². The summed E-state index contributed by atoms with van der Waals surface area (Å²) in [7, 11) is 0. The van der Waals surface area contributed by atoms with Crippen molar-refractivity contribution in [2.75, 3.05) is 13.1 Å². The van der Waals surface area contributed by atoms with E-state index in [0.29, 0.717) is 5.92 Å². The maximum Gasteiger partial charge on any atom is 0.453 e. The van der Waals surface area contributed by atoms with Crippen molar-refractivity contribution >= 4 is 21.7 Å². The first-order valence-corrected chi connectivity index (χ1v) is 11.5. The number of phenolic OH excluding ortho intramolecular Hbond substituents is 1. The van der Waals surface area contributed by atoms with Crippen LogP contribution in [0.15, 0.2) is 63.8 Å². The van der Waals surface area contributed by atoms with E-state index in [4.69, 9.17) is 9.15 Å². The SMILES string of the molecule is C[C@@H]1CCCN(Cc2c(O)ccc3c(=O)c(Oc4ccc5ccccc5c4)c(C(F)(F)F)oc23)C1. The van der Waals surface area contributed by atoms with E-state index in [0.717, 1.165) is 36.7 Å². The summed E-state index contributed by atoms with van der Waals surface area (Å²) in [5.74, 6) is -2.15. The van der Waals surface area contributed by atoms with Gasteiger partial charge >= 0.3 is 6.18 Å². The number of hydrogen-bond donors (Lipinski definition) is 1. The van der Waals surface area contributed by atoms with Gasteiger partial charge in [0.25, 0.3) is 5.76 Å². The van der Waals surface area contributed by atoms with Gasteiger partial charge in [-0.05, 0) is 60.3 Å². The van der Waals surface area contributed by atoms with E-state index in [9.17, 15) is 23.1 Å². The molecular weight excluding hydrogens is 459 g/mol. The Kier molecular flexibility index (Phi) is 5.92. The van der Waals surface area contributed by atoms with Crippen molar-refractivity contribution in [3.63, 3.8) is 0 Å². The fourth-order valence-electron chi connectivity index (χ4n) is 4.72. The van der Waals surface area contributed by atoms with Gasteiger partial charge in [-0.1, -0.05) is 37.3 Å². The van der Waals surface area contributed by atoms with Crippen molar-refractivity contribution < 1.29 is 27.4 Å². The summed E-state index contributed by atoms with van der Waals surface area (Å²) in [4.78, 5) is 15.3. The second-order valence-electron chi connectivity index (χ2n) is 9.12. The highest BCUT2D eigenvalue weighted by Crippen LogP contribution is 2.40. The summed E-state index contributed by atoms with van der Waals surface area (Å²) in [5, 5.41) is 12.1. The minimum atomic E-state index is -4.98. The molecule has 0 aliphatic carbocycles. The molecule has 4 aromatic rings. The first-order chi connectivity index (χ1) is 16.7. The lowest BCUT2D eigenvalue weighted by Crippen LogP contribution is -2.33. The summed E-state index contributed by atoms with van der Waals surface area (Å²) >= 11 is 0. The molecule has 1 aromatic heterocycles. The summed E-state index contributed by atoms with van der Waals surface area (Å²) in [5.41, 5.74) is -1.05. The molecule has 0 spiro atoms. The molecule has 35 heavy (non-hydrogen) atoms. The van der Waals surface area contributed by atoms with Gasteiger partial charge < -0.3 is 14.3 Å². The van der Waals surface area contributed by atoms with Crippen LogP contribution in [0.2, 0.25) is 0 Å². The highest BCUT2D eigenvalue weighted by atomic mass is 19.4. The Balaban J connectivity index is 1.63. The second-order valence-corrected chi connectivity index (χ2v) is 9.12. The number of alkyl halides is 3. The zero-order valence-corrected chi connectivity index (χ0v) is 19.1. The third-order valence-electron chi connectivity index (χ3n) is 6.42. The lowest BCUT2D eigenvalue weighted by molar-refractivity contribution is -0.154. The maximum absolute atomic E-state index is 14.1. The van der Waals surface area contributed by atoms with Crippen LogP contribution in [0, 0.1) is 5.92 Å². The maximum atomic E-state index is 14.1. The third-order valence-corrected chi connectivity index (χ3v) is 6.42. The predicted octanol–water partition coefficient (Wildman–Crippen LogP) is 6.69. The number of aromatic hydroxyl groups is 1. The molecule has 0 amide bonds. The standard InChI is InChI=1S/C27H24F3NO4/c1-16-5-4-12-31(14-16)15-21-22(32)11-10-20-23(33)25(26(27(28,29)30)35-24(20)21)34-19-9-8-17-6-2-3-7-18(17)13-19/h2-3,6-11,13,16,32H,4-5,12,14-15H2,1H3/t16-/m1/s1. The van der Waals surface area contributed by atoms with Crippen LogP contribution in [0.3, 0.4) is 0 Å². The number of nitrogens with zero attached hydrogens (tertiary/aromatic N) is 1. The Labute approximate surface area is 199 Å². The van der Waals surface area contributed by atoms with Crippen LogP contribution in [-0.4, -0.2) is 23.1 Å². The van der Waals surface area contributed by atoms with Gasteiger partial charge in [0.2, 0.25) is 11.2 Å². The zero-order chi connectivity index (χ0) is 24.7. The molecule has 0 saturated carbocycles. The molecule has 1 N–H and O–H groups in total. The minimum absolute atomic E-state index is 0.0772. The Morgan fingerprint density at radius 1 is 1.11 bits per heavy atom. The van der Waals surface area contributed by atoms with Crippen LogP contribution < -0.4 is 10.2 Å². The van der Waals surface area contributed by atoms with E-state index in [-0.39, 0.29) is 34.6 Å². The van der Waals surface area contributed by atoms with Gasteiger partial charge in [-0.25, -0.2) is 0 Å². The van der Waals surface area contributed by atoms with E-state index in [2.05, 4.69) is 11.8 Å². The average Bonchev–Trinajstić information content (AvgIpc) is 2.81. The summed E-state index contributed by atoms with van der Waals surface area (Å²) < 4.78 is 53.1. The van der Waals surface area contributed by atoms with Gasteiger partial charge in [0.1, 0.15) is 17.1 Å². The predicted molar refractivity (Wildman–Crippen MR) is 127 cm³/mol. The molecule has 5 rings (SSSR count). The van der Waals surface area contributed by atoms with Crippen LogP contribution >= 0.6 is 0 Å². The molecule has 0 unspecified atom stereocenters. The van der Waals surface area contributed by atoms with E-state index < -0.39 is 23.1 Å². The number of ether oxygens (including phenoxy) is 1. The van der Waals surface area contributed by atoms with Gasteiger partial charge in [0.15, 0.2) is 0 Å². The average molecular weight is 483 g/mol. The lowest BCUT2D eigenvalue weighted by Gasteiger charge is -2.31. The van der Waals surface area contributed by atoms with Crippen molar-refractivity contribution in [1.29, 1.82) is 0 Å². The molecule has 2 heterocycles. The molecule has 0 radical (unpaired) electrons. The third kappa shape index (κ3) is 4.58. The minimum Gasteiger partial charge on any atom is -0.507 e. The monoisotopic (exact) mass is 483 g/mol. The molecule has 0 bridgehead atoms. The molecule has 1 fully saturated rings. The first kappa shape index (κ1) is 23.2. The Hall–Kier alpha value is -3.52. The van der Waals surface area contributed by atoms with E-state index >= 15 is 0 Å². The summed E-state index contributed by atoms with van der Waals surface area (Å²) in [6.07, 6.45) is -2.96. The van der Waals surface area contributed by atoms with Crippen LogP contribution in [0.4, 0.5) is 13.2 Å². The van der Waals surface area contributed by atoms with E-state index in [1.54, 1.807) is 24.3 Å².